The van der Waals surface area contributed by atoms with Gasteiger partial charge in [0, 0.05) is 18.0 Å². The van der Waals surface area contributed by atoms with E-state index in [0.717, 1.165) is 10.9 Å². The summed E-state index contributed by atoms with van der Waals surface area (Å²) in [7, 11) is 2.97. The maximum Gasteiger partial charge on any atom is 0.341 e. The highest BCUT2D eigenvalue weighted by molar-refractivity contribution is 5.98. The second-order valence-electron chi connectivity index (χ2n) is 5.89. The maximum atomic E-state index is 12.7. The molecular weight excluding hydrogens is 322 g/mol. The average Bonchev–Trinajstić information content (AvgIpc) is 3.14. The second-order valence-corrected chi connectivity index (χ2v) is 5.89. The zero-order chi connectivity index (χ0) is 18.1. The number of furan rings is 2. The van der Waals surface area contributed by atoms with E-state index in [4.69, 9.17) is 13.6 Å². The molecule has 6 nitrogen and oxygen atoms in total. The lowest BCUT2D eigenvalue weighted by atomic mass is 10.1. The summed E-state index contributed by atoms with van der Waals surface area (Å²) in [5, 5.41) is 0.918. The van der Waals surface area contributed by atoms with E-state index in [9.17, 15) is 9.59 Å². The highest BCUT2D eigenvalue weighted by Crippen LogP contribution is 2.26. The van der Waals surface area contributed by atoms with Gasteiger partial charge in [-0.2, -0.15) is 0 Å². The summed E-state index contributed by atoms with van der Waals surface area (Å²) in [6.45, 7) is 3.76. The van der Waals surface area contributed by atoms with Crippen LogP contribution in [0.25, 0.3) is 11.0 Å². The Balaban J connectivity index is 1.83. The van der Waals surface area contributed by atoms with Crippen molar-refractivity contribution in [2.75, 3.05) is 14.2 Å². The molecule has 0 unspecified atom stereocenters. The van der Waals surface area contributed by atoms with E-state index >= 15 is 0 Å². The fourth-order valence-corrected chi connectivity index (χ4v) is 2.79. The quantitative estimate of drug-likeness (QED) is 0.677. The molecule has 3 aromatic rings. The zero-order valence-electron chi connectivity index (χ0n) is 14.6. The smallest absolute Gasteiger partial charge is 0.341 e. The van der Waals surface area contributed by atoms with Gasteiger partial charge in [-0.1, -0.05) is 18.2 Å². The summed E-state index contributed by atoms with van der Waals surface area (Å²) in [6, 6.07) is 9.11. The number of methoxy groups -OCH3 is 1. The molecular formula is C19H19NO5. The summed E-state index contributed by atoms with van der Waals surface area (Å²) >= 11 is 0. The molecule has 130 valence electrons. The van der Waals surface area contributed by atoms with Crippen molar-refractivity contribution in [1.29, 1.82) is 0 Å². The molecule has 1 aromatic carbocycles. The van der Waals surface area contributed by atoms with Gasteiger partial charge in [-0.3, -0.25) is 4.79 Å². The summed E-state index contributed by atoms with van der Waals surface area (Å²) in [6.07, 6.45) is 0. The van der Waals surface area contributed by atoms with E-state index in [0.29, 0.717) is 28.4 Å². The first-order chi connectivity index (χ1) is 11.9. The largest absolute Gasteiger partial charge is 0.465 e. The van der Waals surface area contributed by atoms with Crippen LogP contribution in [-0.4, -0.2) is 30.9 Å². The molecule has 25 heavy (non-hydrogen) atoms. The fourth-order valence-electron chi connectivity index (χ4n) is 2.79. The minimum Gasteiger partial charge on any atom is -0.465 e. The minimum atomic E-state index is -0.463. The molecule has 0 bridgehead atoms. The Morgan fingerprint density at radius 3 is 2.56 bits per heavy atom. The molecule has 0 radical (unpaired) electrons. The topological polar surface area (TPSA) is 72.9 Å². The number of para-hydroxylation sites is 1. The van der Waals surface area contributed by atoms with E-state index in [1.165, 1.54) is 12.0 Å². The fraction of sp³-hybridized carbons (Fsp3) is 0.263. The van der Waals surface area contributed by atoms with Crippen LogP contribution in [-0.2, 0) is 11.3 Å². The first-order valence-corrected chi connectivity index (χ1v) is 7.83. The summed E-state index contributed by atoms with van der Waals surface area (Å²) in [5.74, 6) is 0.558. The Morgan fingerprint density at radius 1 is 1.16 bits per heavy atom. The number of aryl methyl sites for hydroxylation is 2. The van der Waals surface area contributed by atoms with Crippen LogP contribution in [0.2, 0.25) is 0 Å². The van der Waals surface area contributed by atoms with Gasteiger partial charge >= 0.3 is 5.97 Å². The van der Waals surface area contributed by atoms with Crippen molar-refractivity contribution in [2.45, 2.75) is 20.4 Å². The number of carbonyl (C=O) groups excluding carboxylic acids is 2. The predicted octanol–water partition coefficient (Wildman–Crippen LogP) is 3.70. The summed E-state index contributed by atoms with van der Waals surface area (Å²) in [5.41, 5.74) is 1.84. The van der Waals surface area contributed by atoms with Crippen LogP contribution >= 0.6 is 0 Å². The first kappa shape index (κ1) is 16.8. The molecule has 1 amide bonds. The molecule has 2 heterocycles. The van der Waals surface area contributed by atoms with Crippen molar-refractivity contribution in [1.82, 2.24) is 4.90 Å². The Kier molecular flexibility index (Phi) is 4.35. The number of hydrogen-bond acceptors (Lipinski definition) is 5. The lowest BCUT2D eigenvalue weighted by Crippen LogP contribution is -2.26. The number of rotatable bonds is 4. The zero-order valence-corrected chi connectivity index (χ0v) is 14.6. The van der Waals surface area contributed by atoms with Crippen LogP contribution in [0.3, 0.4) is 0 Å². The Morgan fingerprint density at radius 2 is 1.88 bits per heavy atom. The Labute approximate surface area is 145 Å². The standard InChI is InChI=1S/C19H19NO5/c1-11-14-7-5-6-8-16(14)25-17(11)18(21)20(3)10-13-9-15(12(2)24-13)19(22)23-4/h5-9H,10H2,1-4H3. The summed E-state index contributed by atoms with van der Waals surface area (Å²) in [4.78, 5) is 25.9. The SMILES string of the molecule is COC(=O)c1cc(CN(C)C(=O)c2oc3ccccc3c2C)oc1C. The van der Waals surface area contributed by atoms with Crippen LogP contribution in [0.5, 0.6) is 0 Å². The Bertz CT molecular complexity index is 950. The molecule has 0 atom stereocenters. The van der Waals surface area contributed by atoms with Crippen LogP contribution < -0.4 is 0 Å². The van der Waals surface area contributed by atoms with E-state index in [-0.39, 0.29) is 12.5 Å². The minimum absolute atomic E-state index is 0.215. The van der Waals surface area contributed by atoms with E-state index in [2.05, 4.69) is 0 Å². The molecule has 0 N–H and O–H groups in total. The molecule has 3 rings (SSSR count). The van der Waals surface area contributed by atoms with E-state index in [1.807, 2.05) is 31.2 Å². The molecule has 0 saturated carbocycles. The van der Waals surface area contributed by atoms with Crippen LogP contribution in [0, 0.1) is 13.8 Å². The number of esters is 1. The lowest BCUT2D eigenvalue weighted by molar-refractivity contribution is 0.0598. The molecule has 6 heteroatoms. The summed E-state index contributed by atoms with van der Waals surface area (Å²) < 4.78 is 16.0. The van der Waals surface area contributed by atoms with Gasteiger partial charge in [0.05, 0.1) is 13.7 Å². The molecule has 2 aromatic heterocycles. The number of fused-ring (bicyclic) bond motifs is 1. The number of benzene rings is 1. The van der Waals surface area contributed by atoms with Crippen molar-refractivity contribution in [3.63, 3.8) is 0 Å². The highest BCUT2D eigenvalue weighted by Gasteiger charge is 2.23. The molecule has 0 fully saturated rings. The van der Waals surface area contributed by atoms with E-state index in [1.54, 1.807) is 20.0 Å². The van der Waals surface area contributed by atoms with E-state index < -0.39 is 5.97 Å². The number of carbonyl (C=O) groups is 2. The monoisotopic (exact) mass is 341 g/mol. The van der Waals surface area contributed by atoms with Gasteiger partial charge < -0.3 is 18.5 Å². The third kappa shape index (κ3) is 3.03. The number of hydrogen-bond donors (Lipinski definition) is 0. The van der Waals surface area contributed by atoms with Gasteiger partial charge in [0.2, 0.25) is 0 Å². The predicted molar refractivity (Wildman–Crippen MR) is 91.5 cm³/mol. The molecule has 0 aliphatic carbocycles. The third-order valence-electron chi connectivity index (χ3n) is 4.15. The molecule has 0 spiro atoms. The first-order valence-electron chi connectivity index (χ1n) is 7.83. The maximum absolute atomic E-state index is 12.7. The van der Waals surface area contributed by atoms with Gasteiger partial charge in [-0.05, 0) is 26.0 Å². The highest BCUT2D eigenvalue weighted by atomic mass is 16.5. The van der Waals surface area contributed by atoms with Crippen LogP contribution in [0.1, 0.15) is 38.0 Å². The van der Waals surface area contributed by atoms with Gasteiger partial charge in [0.15, 0.2) is 5.76 Å². The number of ether oxygens (including phenoxy) is 1. The lowest BCUT2D eigenvalue weighted by Gasteiger charge is -2.14. The third-order valence-corrected chi connectivity index (χ3v) is 4.15. The van der Waals surface area contributed by atoms with Crippen molar-refractivity contribution in [3.8, 4) is 0 Å². The van der Waals surface area contributed by atoms with Crippen molar-refractivity contribution < 1.29 is 23.2 Å². The molecule has 0 saturated heterocycles. The normalized spacial score (nSPS) is 10.9. The average molecular weight is 341 g/mol. The van der Waals surface area contributed by atoms with Gasteiger partial charge in [0.1, 0.15) is 22.7 Å². The molecule has 0 aliphatic heterocycles. The van der Waals surface area contributed by atoms with Crippen LogP contribution in [0.4, 0.5) is 0 Å². The van der Waals surface area contributed by atoms with Crippen molar-refractivity contribution in [2.24, 2.45) is 0 Å². The van der Waals surface area contributed by atoms with Gasteiger partial charge in [0.25, 0.3) is 5.91 Å². The Hall–Kier alpha value is -3.02. The molecule has 0 aliphatic rings. The number of amides is 1. The second kappa shape index (κ2) is 6.47. The van der Waals surface area contributed by atoms with Crippen LogP contribution in [0.15, 0.2) is 39.2 Å². The number of nitrogens with zero attached hydrogens (tertiary/aromatic N) is 1. The van der Waals surface area contributed by atoms with Gasteiger partial charge in [-0.15, -0.1) is 0 Å². The van der Waals surface area contributed by atoms with Crippen molar-refractivity contribution >= 4 is 22.8 Å². The van der Waals surface area contributed by atoms with Crippen molar-refractivity contribution in [3.05, 3.63) is 58.7 Å². The van der Waals surface area contributed by atoms with Gasteiger partial charge in [-0.25, -0.2) is 4.79 Å².